The molecule has 0 aliphatic rings. The van der Waals surface area contributed by atoms with Crippen LogP contribution in [0.3, 0.4) is 0 Å². The number of nitrogen functional groups attached to an aromatic ring is 1. The molecule has 0 bridgehead atoms. The number of rotatable bonds is 5. The van der Waals surface area contributed by atoms with Crippen molar-refractivity contribution in [1.29, 1.82) is 0 Å². The fourth-order valence-electron chi connectivity index (χ4n) is 1.22. The van der Waals surface area contributed by atoms with Gasteiger partial charge in [0.05, 0.1) is 5.00 Å². The summed E-state index contributed by atoms with van der Waals surface area (Å²) in [7, 11) is 0. The van der Waals surface area contributed by atoms with Crippen LogP contribution in [0.2, 0.25) is 0 Å². The van der Waals surface area contributed by atoms with Crippen LogP contribution in [0.4, 0.5) is 5.00 Å². The molecular formula is C11H16N2S. The highest BCUT2D eigenvalue weighted by Crippen LogP contribution is 2.24. The van der Waals surface area contributed by atoms with Crippen LogP contribution in [0.25, 0.3) is 5.70 Å². The third kappa shape index (κ3) is 2.64. The number of nitrogens with one attached hydrogen (secondary N) is 1. The van der Waals surface area contributed by atoms with Gasteiger partial charge in [0.2, 0.25) is 0 Å². The number of thiophene rings is 1. The van der Waals surface area contributed by atoms with Crippen molar-refractivity contribution in [2.24, 2.45) is 0 Å². The van der Waals surface area contributed by atoms with Gasteiger partial charge in [-0.05, 0) is 17.9 Å². The highest BCUT2D eigenvalue weighted by atomic mass is 32.1. The predicted octanol–water partition coefficient (Wildman–Crippen LogP) is 3.20. The van der Waals surface area contributed by atoms with Crippen LogP contribution in [-0.4, -0.2) is 0 Å². The van der Waals surface area contributed by atoms with E-state index in [4.69, 9.17) is 5.73 Å². The Labute approximate surface area is 89.1 Å². The minimum Gasteiger partial charge on any atom is -0.390 e. The Kier molecular flexibility index (Phi) is 3.77. The van der Waals surface area contributed by atoms with E-state index in [9.17, 15) is 0 Å². The van der Waals surface area contributed by atoms with Crippen LogP contribution in [0.15, 0.2) is 30.3 Å². The van der Waals surface area contributed by atoms with Crippen molar-refractivity contribution in [1.82, 2.24) is 5.32 Å². The van der Waals surface area contributed by atoms with Crippen molar-refractivity contribution in [3.8, 4) is 0 Å². The summed E-state index contributed by atoms with van der Waals surface area (Å²) in [5.41, 5.74) is 8.58. The third-order valence-electron chi connectivity index (χ3n) is 1.90. The topological polar surface area (TPSA) is 38.0 Å². The summed E-state index contributed by atoms with van der Waals surface area (Å²) in [5, 5.41) is 5.92. The average Bonchev–Trinajstić information content (AvgIpc) is 2.51. The molecule has 2 nitrogen and oxygen atoms in total. The van der Waals surface area contributed by atoms with Crippen molar-refractivity contribution in [3.63, 3.8) is 0 Å². The van der Waals surface area contributed by atoms with E-state index in [0.717, 1.165) is 34.8 Å². The Balaban J connectivity index is 2.59. The molecule has 0 aromatic carbocycles. The normalized spacial score (nSPS) is 9.79. The molecule has 0 aliphatic heterocycles. The van der Waals surface area contributed by atoms with Crippen LogP contribution in [-0.2, 0) is 0 Å². The number of nitrogens with two attached hydrogens (primary N) is 1. The van der Waals surface area contributed by atoms with Gasteiger partial charge in [-0.2, -0.15) is 0 Å². The minimum absolute atomic E-state index is 0.798. The smallest absolute Gasteiger partial charge is 0.0950 e. The highest BCUT2D eigenvalue weighted by molar-refractivity contribution is 7.14. The lowest BCUT2D eigenvalue weighted by Gasteiger charge is -2.10. The maximum atomic E-state index is 5.78. The Morgan fingerprint density at radius 3 is 2.79 bits per heavy atom. The van der Waals surface area contributed by atoms with E-state index >= 15 is 0 Å². The molecule has 1 rings (SSSR count). The maximum Gasteiger partial charge on any atom is 0.0950 e. The van der Waals surface area contributed by atoms with Gasteiger partial charge in [0.15, 0.2) is 0 Å². The molecule has 76 valence electrons. The molecule has 0 atom stereocenters. The lowest BCUT2D eigenvalue weighted by atomic mass is 10.2. The predicted molar refractivity (Wildman–Crippen MR) is 64.9 cm³/mol. The van der Waals surface area contributed by atoms with Crippen molar-refractivity contribution >= 4 is 22.0 Å². The maximum absolute atomic E-state index is 5.78. The fourth-order valence-corrected chi connectivity index (χ4v) is 1.88. The highest BCUT2D eigenvalue weighted by Gasteiger charge is 2.04. The average molecular weight is 208 g/mol. The Morgan fingerprint density at radius 2 is 2.29 bits per heavy atom. The summed E-state index contributed by atoms with van der Waals surface area (Å²) < 4.78 is 0. The van der Waals surface area contributed by atoms with Crippen LogP contribution in [0, 0.1) is 0 Å². The second-order valence-electron chi connectivity index (χ2n) is 3.16. The zero-order valence-corrected chi connectivity index (χ0v) is 9.29. The first kappa shape index (κ1) is 10.9. The Hall–Kier alpha value is -1.22. The van der Waals surface area contributed by atoms with Crippen molar-refractivity contribution < 1.29 is 0 Å². The van der Waals surface area contributed by atoms with E-state index < -0.39 is 0 Å². The number of anilines is 1. The molecule has 3 heteroatoms. The fraction of sp³-hybridized carbons (Fsp3) is 0.273. The standard InChI is InChI=1S/C11H16N2S/c1-4-5-8(2)13-9(3)10-6-7-14-11(10)12/h6-7,13H,2-5,12H2,1H3. The summed E-state index contributed by atoms with van der Waals surface area (Å²) >= 11 is 1.52. The zero-order valence-electron chi connectivity index (χ0n) is 8.47. The summed E-state index contributed by atoms with van der Waals surface area (Å²) in [4.78, 5) is 0. The van der Waals surface area contributed by atoms with E-state index in [-0.39, 0.29) is 0 Å². The summed E-state index contributed by atoms with van der Waals surface area (Å²) in [6.45, 7) is 9.97. The molecule has 0 unspecified atom stereocenters. The summed E-state index contributed by atoms with van der Waals surface area (Å²) in [6, 6.07) is 1.97. The molecule has 14 heavy (non-hydrogen) atoms. The van der Waals surface area contributed by atoms with Crippen molar-refractivity contribution in [2.45, 2.75) is 19.8 Å². The van der Waals surface area contributed by atoms with Crippen LogP contribution in [0.1, 0.15) is 25.3 Å². The summed E-state index contributed by atoms with van der Waals surface area (Å²) in [6.07, 6.45) is 2.04. The van der Waals surface area contributed by atoms with E-state index in [2.05, 4.69) is 25.4 Å². The first-order valence-electron chi connectivity index (χ1n) is 4.62. The van der Waals surface area contributed by atoms with Gasteiger partial charge in [0.1, 0.15) is 0 Å². The van der Waals surface area contributed by atoms with Crippen LogP contribution >= 0.6 is 11.3 Å². The van der Waals surface area contributed by atoms with Gasteiger partial charge in [-0.1, -0.05) is 26.5 Å². The van der Waals surface area contributed by atoms with Gasteiger partial charge < -0.3 is 11.1 Å². The number of hydrogen-bond acceptors (Lipinski definition) is 3. The van der Waals surface area contributed by atoms with Gasteiger partial charge in [0, 0.05) is 17.0 Å². The van der Waals surface area contributed by atoms with Crippen molar-refractivity contribution in [2.75, 3.05) is 5.73 Å². The van der Waals surface area contributed by atoms with E-state index in [0.29, 0.717) is 0 Å². The second-order valence-corrected chi connectivity index (χ2v) is 4.10. The molecule has 0 spiro atoms. The minimum atomic E-state index is 0.798. The molecule has 1 heterocycles. The Morgan fingerprint density at radius 1 is 1.57 bits per heavy atom. The van der Waals surface area contributed by atoms with Gasteiger partial charge in [0.25, 0.3) is 0 Å². The SMILES string of the molecule is C=C(CCC)NC(=C)c1ccsc1N. The number of allylic oxidation sites excluding steroid dienone is 1. The largest absolute Gasteiger partial charge is 0.390 e. The lowest BCUT2D eigenvalue weighted by molar-refractivity contribution is 0.852. The molecule has 0 saturated heterocycles. The quantitative estimate of drug-likeness (QED) is 0.779. The Bertz CT molecular complexity index is 339. The lowest BCUT2D eigenvalue weighted by Crippen LogP contribution is -2.10. The molecule has 0 amide bonds. The monoisotopic (exact) mass is 208 g/mol. The van der Waals surface area contributed by atoms with Crippen LogP contribution < -0.4 is 11.1 Å². The van der Waals surface area contributed by atoms with Gasteiger partial charge in [-0.15, -0.1) is 11.3 Å². The molecule has 0 radical (unpaired) electrons. The number of hydrogen-bond donors (Lipinski definition) is 2. The van der Waals surface area contributed by atoms with Crippen molar-refractivity contribution in [3.05, 3.63) is 35.9 Å². The molecule has 0 saturated carbocycles. The second kappa shape index (κ2) is 4.86. The third-order valence-corrected chi connectivity index (χ3v) is 2.65. The zero-order chi connectivity index (χ0) is 10.6. The molecule has 3 N–H and O–H groups in total. The van der Waals surface area contributed by atoms with E-state index in [1.807, 2.05) is 11.4 Å². The first-order chi connectivity index (χ1) is 6.65. The molecule has 0 fully saturated rings. The summed E-state index contributed by atoms with van der Waals surface area (Å²) in [5.74, 6) is 0. The molecule has 0 aliphatic carbocycles. The van der Waals surface area contributed by atoms with Gasteiger partial charge in [-0.25, -0.2) is 0 Å². The van der Waals surface area contributed by atoms with E-state index in [1.54, 1.807) is 0 Å². The van der Waals surface area contributed by atoms with E-state index in [1.165, 1.54) is 11.3 Å². The first-order valence-corrected chi connectivity index (χ1v) is 5.50. The molecular weight excluding hydrogens is 192 g/mol. The van der Waals surface area contributed by atoms with Crippen LogP contribution in [0.5, 0.6) is 0 Å². The molecule has 1 aromatic rings. The van der Waals surface area contributed by atoms with Gasteiger partial charge >= 0.3 is 0 Å². The molecule has 1 aromatic heterocycles. The van der Waals surface area contributed by atoms with Gasteiger partial charge in [-0.3, -0.25) is 0 Å².